The highest BCUT2D eigenvalue weighted by Crippen LogP contribution is 2.28. The Bertz CT molecular complexity index is 818. The lowest BCUT2D eigenvalue weighted by Gasteiger charge is -2.13. The van der Waals surface area contributed by atoms with Crippen LogP contribution in [0.1, 0.15) is 25.0 Å². The predicted octanol–water partition coefficient (Wildman–Crippen LogP) is 2.72. The standard InChI is InChI=1S/C16H22N4O3S/c1-10(2)17-15-6-7-16(19-18-15)20-24(21,22)14-9-12(4)11(3)8-13(14)23-5/h6-10H,1-5H3,(H,17,18)(H,19,20). The summed E-state index contributed by atoms with van der Waals surface area (Å²) in [6, 6.07) is 6.72. The van der Waals surface area contributed by atoms with E-state index in [-0.39, 0.29) is 22.5 Å². The molecule has 0 radical (unpaired) electrons. The van der Waals surface area contributed by atoms with E-state index in [0.29, 0.717) is 5.82 Å². The average Bonchev–Trinajstić information content (AvgIpc) is 2.50. The minimum Gasteiger partial charge on any atom is -0.495 e. The molecule has 24 heavy (non-hydrogen) atoms. The van der Waals surface area contributed by atoms with Crippen LogP contribution in [0.2, 0.25) is 0 Å². The second kappa shape index (κ2) is 7.04. The minimum atomic E-state index is -3.83. The van der Waals surface area contributed by atoms with Gasteiger partial charge in [-0.2, -0.15) is 0 Å². The van der Waals surface area contributed by atoms with Crippen molar-refractivity contribution < 1.29 is 13.2 Å². The molecule has 2 rings (SSSR count). The van der Waals surface area contributed by atoms with Gasteiger partial charge in [-0.25, -0.2) is 8.42 Å². The lowest BCUT2D eigenvalue weighted by atomic mass is 10.1. The van der Waals surface area contributed by atoms with E-state index in [2.05, 4.69) is 20.2 Å². The molecule has 8 heteroatoms. The molecule has 0 saturated heterocycles. The first kappa shape index (κ1) is 18.0. The van der Waals surface area contributed by atoms with Gasteiger partial charge in [0.1, 0.15) is 16.5 Å². The number of ether oxygens (including phenoxy) is 1. The zero-order chi connectivity index (χ0) is 17.9. The van der Waals surface area contributed by atoms with Crippen LogP contribution in [0.15, 0.2) is 29.2 Å². The molecule has 0 aliphatic heterocycles. The molecule has 0 atom stereocenters. The van der Waals surface area contributed by atoms with E-state index in [0.717, 1.165) is 11.1 Å². The summed E-state index contributed by atoms with van der Waals surface area (Å²) in [6.45, 7) is 7.70. The molecule has 0 fully saturated rings. The fourth-order valence-corrected chi connectivity index (χ4v) is 3.32. The smallest absolute Gasteiger partial charge is 0.266 e. The van der Waals surface area contributed by atoms with Gasteiger partial charge in [0.2, 0.25) is 0 Å². The fraction of sp³-hybridized carbons (Fsp3) is 0.375. The summed E-state index contributed by atoms with van der Waals surface area (Å²) >= 11 is 0. The number of nitrogens with one attached hydrogen (secondary N) is 2. The quantitative estimate of drug-likeness (QED) is 0.832. The molecule has 0 aliphatic carbocycles. The molecule has 1 aromatic carbocycles. The van der Waals surface area contributed by atoms with Crippen LogP contribution in [0.25, 0.3) is 0 Å². The maximum atomic E-state index is 12.6. The van der Waals surface area contributed by atoms with Gasteiger partial charge in [-0.05, 0) is 63.1 Å². The molecule has 0 bridgehead atoms. The first-order valence-electron chi connectivity index (χ1n) is 7.51. The lowest BCUT2D eigenvalue weighted by Crippen LogP contribution is -2.16. The summed E-state index contributed by atoms with van der Waals surface area (Å²) in [6.07, 6.45) is 0. The molecule has 0 aliphatic rings. The van der Waals surface area contributed by atoms with Crippen molar-refractivity contribution in [1.82, 2.24) is 10.2 Å². The first-order valence-corrected chi connectivity index (χ1v) is 8.99. The Morgan fingerprint density at radius 1 is 1.04 bits per heavy atom. The van der Waals surface area contributed by atoms with Crippen molar-refractivity contribution in [2.75, 3.05) is 17.1 Å². The number of methoxy groups -OCH3 is 1. The van der Waals surface area contributed by atoms with Crippen LogP contribution in [0, 0.1) is 13.8 Å². The van der Waals surface area contributed by atoms with Crippen LogP contribution >= 0.6 is 0 Å². The monoisotopic (exact) mass is 350 g/mol. The molecule has 0 amide bonds. The topological polar surface area (TPSA) is 93.2 Å². The van der Waals surface area contributed by atoms with Crippen molar-refractivity contribution >= 4 is 21.7 Å². The summed E-state index contributed by atoms with van der Waals surface area (Å²) in [7, 11) is -2.39. The van der Waals surface area contributed by atoms with Crippen LogP contribution in [0.4, 0.5) is 11.6 Å². The second-order valence-electron chi connectivity index (χ2n) is 5.80. The van der Waals surface area contributed by atoms with Gasteiger partial charge in [-0.15, -0.1) is 10.2 Å². The Balaban J connectivity index is 2.30. The number of rotatable bonds is 6. The minimum absolute atomic E-state index is 0.0688. The fourth-order valence-electron chi connectivity index (χ4n) is 2.08. The number of sulfonamides is 1. The Kier molecular flexibility index (Phi) is 5.28. The number of aryl methyl sites for hydroxylation is 2. The zero-order valence-corrected chi connectivity index (χ0v) is 15.2. The van der Waals surface area contributed by atoms with E-state index in [1.54, 1.807) is 24.3 Å². The number of nitrogens with zero attached hydrogens (tertiary/aromatic N) is 2. The van der Waals surface area contributed by atoms with E-state index in [4.69, 9.17) is 4.74 Å². The Labute approximate surface area is 142 Å². The third-order valence-electron chi connectivity index (χ3n) is 3.41. The summed E-state index contributed by atoms with van der Waals surface area (Å²) in [5.74, 6) is 1.01. The molecule has 0 unspecified atom stereocenters. The number of hydrogen-bond acceptors (Lipinski definition) is 6. The van der Waals surface area contributed by atoms with Crippen LogP contribution in [-0.4, -0.2) is 31.8 Å². The van der Waals surface area contributed by atoms with Crippen molar-refractivity contribution in [3.05, 3.63) is 35.4 Å². The van der Waals surface area contributed by atoms with E-state index >= 15 is 0 Å². The third-order valence-corrected chi connectivity index (χ3v) is 4.79. The molecule has 1 aromatic heterocycles. The SMILES string of the molecule is COc1cc(C)c(C)cc1S(=O)(=O)Nc1ccc(NC(C)C)nn1. The Hall–Kier alpha value is -2.35. The van der Waals surface area contributed by atoms with Gasteiger partial charge in [-0.1, -0.05) is 0 Å². The third kappa shape index (κ3) is 4.14. The summed E-state index contributed by atoms with van der Waals surface area (Å²) in [4.78, 5) is 0.0688. The van der Waals surface area contributed by atoms with E-state index in [1.807, 2.05) is 27.7 Å². The summed E-state index contributed by atoms with van der Waals surface area (Å²) in [5.41, 5.74) is 1.81. The van der Waals surface area contributed by atoms with Crippen molar-refractivity contribution in [3.63, 3.8) is 0 Å². The highest BCUT2D eigenvalue weighted by molar-refractivity contribution is 7.92. The predicted molar refractivity (Wildman–Crippen MR) is 94.1 cm³/mol. The largest absolute Gasteiger partial charge is 0.495 e. The van der Waals surface area contributed by atoms with Gasteiger partial charge < -0.3 is 10.1 Å². The number of benzene rings is 1. The number of hydrogen-bond donors (Lipinski definition) is 2. The lowest BCUT2D eigenvalue weighted by molar-refractivity contribution is 0.402. The van der Waals surface area contributed by atoms with Crippen molar-refractivity contribution in [3.8, 4) is 5.75 Å². The van der Waals surface area contributed by atoms with Crippen molar-refractivity contribution in [1.29, 1.82) is 0 Å². The summed E-state index contributed by atoms with van der Waals surface area (Å²) in [5, 5.41) is 10.9. The molecule has 7 nitrogen and oxygen atoms in total. The van der Waals surface area contributed by atoms with Gasteiger partial charge >= 0.3 is 0 Å². The normalized spacial score (nSPS) is 11.4. The highest BCUT2D eigenvalue weighted by atomic mass is 32.2. The number of aromatic nitrogens is 2. The van der Waals surface area contributed by atoms with Crippen molar-refractivity contribution in [2.24, 2.45) is 0 Å². The molecule has 0 saturated carbocycles. The van der Waals surface area contributed by atoms with Crippen LogP contribution in [0.5, 0.6) is 5.75 Å². The molecule has 130 valence electrons. The maximum absolute atomic E-state index is 12.6. The highest BCUT2D eigenvalue weighted by Gasteiger charge is 2.21. The van der Waals surface area contributed by atoms with Crippen molar-refractivity contribution in [2.45, 2.75) is 38.6 Å². The summed E-state index contributed by atoms with van der Waals surface area (Å²) < 4.78 is 32.9. The molecular formula is C16H22N4O3S. The van der Waals surface area contributed by atoms with Gasteiger partial charge in [0, 0.05) is 6.04 Å². The maximum Gasteiger partial charge on any atom is 0.266 e. The van der Waals surface area contributed by atoms with Gasteiger partial charge in [0.15, 0.2) is 5.82 Å². The van der Waals surface area contributed by atoms with Gasteiger partial charge in [-0.3, -0.25) is 4.72 Å². The van der Waals surface area contributed by atoms with E-state index < -0.39 is 10.0 Å². The van der Waals surface area contributed by atoms with Crippen LogP contribution in [0.3, 0.4) is 0 Å². The Morgan fingerprint density at radius 2 is 1.62 bits per heavy atom. The molecular weight excluding hydrogens is 328 g/mol. The average molecular weight is 350 g/mol. The first-order chi connectivity index (χ1) is 11.2. The van der Waals surface area contributed by atoms with Gasteiger partial charge in [0.05, 0.1) is 7.11 Å². The Morgan fingerprint density at radius 3 is 2.17 bits per heavy atom. The zero-order valence-electron chi connectivity index (χ0n) is 14.4. The van der Waals surface area contributed by atoms with Crippen LogP contribution < -0.4 is 14.8 Å². The number of anilines is 2. The van der Waals surface area contributed by atoms with E-state index in [9.17, 15) is 8.42 Å². The van der Waals surface area contributed by atoms with Gasteiger partial charge in [0.25, 0.3) is 10.0 Å². The molecule has 2 N–H and O–H groups in total. The molecule has 0 spiro atoms. The second-order valence-corrected chi connectivity index (χ2v) is 7.45. The molecule has 1 heterocycles. The van der Waals surface area contributed by atoms with Crippen LogP contribution in [-0.2, 0) is 10.0 Å². The van der Waals surface area contributed by atoms with E-state index in [1.165, 1.54) is 7.11 Å². The molecule has 2 aromatic rings.